The predicted octanol–water partition coefficient (Wildman–Crippen LogP) is 2.75. The van der Waals surface area contributed by atoms with E-state index in [9.17, 15) is 5.11 Å². The molecule has 1 atom stereocenters. The van der Waals surface area contributed by atoms with Gasteiger partial charge in [-0.3, -0.25) is 0 Å². The van der Waals surface area contributed by atoms with Crippen molar-refractivity contribution in [3.63, 3.8) is 0 Å². The summed E-state index contributed by atoms with van der Waals surface area (Å²) in [6, 6.07) is 7.40. The summed E-state index contributed by atoms with van der Waals surface area (Å²) in [5.41, 5.74) is 0.867. The monoisotopic (exact) mass is 315 g/mol. The number of hydrogen-bond donors (Lipinski definition) is 1. The molecule has 1 unspecified atom stereocenters. The Morgan fingerprint density at radius 1 is 1.14 bits per heavy atom. The Balaban J connectivity index is 2.42. The highest BCUT2D eigenvalue weighted by atomic mass is 35.5. The third kappa shape index (κ3) is 7.79. The fraction of sp³-hybridized carbons (Fsp3) is 0.625. The molecule has 5 heteroatoms. The second-order valence-electron chi connectivity index (χ2n) is 5.04. The molecule has 1 aromatic carbocycles. The Labute approximate surface area is 132 Å². The fourth-order valence-electron chi connectivity index (χ4n) is 2.17. The molecule has 0 amide bonds. The quantitative estimate of drug-likeness (QED) is 0.638. The van der Waals surface area contributed by atoms with Crippen LogP contribution >= 0.6 is 11.6 Å². The van der Waals surface area contributed by atoms with Crippen LogP contribution in [0.1, 0.15) is 24.5 Å². The van der Waals surface area contributed by atoms with Gasteiger partial charge in [0.15, 0.2) is 0 Å². The number of ether oxygens (including phenoxy) is 2. The van der Waals surface area contributed by atoms with Crippen molar-refractivity contribution in [3.8, 4) is 0 Å². The Morgan fingerprint density at radius 2 is 1.90 bits per heavy atom. The summed E-state index contributed by atoms with van der Waals surface area (Å²) in [5, 5.41) is 10.9. The van der Waals surface area contributed by atoms with Crippen molar-refractivity contribution < 1.29 is 14.6 Å². The van der Waals surface area contributed by atoms with Crippen LogP contribution in [-0.2, 0) is 9.47 Å². The van der Waals surface area contributed by atoms with Gasteiger partial charge < -0.3 is 19.5 Å². The number of benzene rings is 1. The molecule has 0 fully saturated rings. The molecule has 0 aliphatic rings. The maximum absolute atomic E-state index is 10.2. The molecule has 0 heterocycles. The molecule has 0 aliphatic heterocycles. The first kappa shape index (κ1) is 18.4. The molecule has 0 saturated carbocycles. The highest BCUT2D eigenvalue weighted by Crippen LogP contribution is 2.20. The van der Waals surface area contributed by atoms with Gasteiger partial charge in [-0.25, -0.2) is 0 Å². The highest BCUT2D eigenvalue weighted by molar-refractivity contribution is 6.30. The van der Waals surface area contributed by atoms with Crippen LogP contribution in [0.25, 0.3) is 0 Å². The SMILES string of the molecule is COCCCN(CCOC)CCC(O)c1cccc(Cl)c1. The lowest BCUT2D eigenvalue weighted by Crippen LogP contribution is -2.31. The van der Waals surface area contributed by atoms with Crippen molar-refractivity contribution in [2.75, 3.05) is 47.1 Å². The number of nitrogens with zero attached hydrogens (tertiary/aromatic N) is 1. The molecule has 0 saturated heterocycles. The second kappa shape index (κ2) is 11.0. The maximum atomic E-state index is 10.2. The molecule has 120 valence electrons. The Hall–Kier alpha value is -0.650. The van der Waals surface area contributed by atoms with Gasteiger partial charge in [-0.05, 0) is 30.5 Å². The van der Waals surface area contributed by atoms with E-state index in [1.54, 1.807) is 14.2 Å². The van der Waals surface area contributed by atoms with Crippen molar-refractivity contribution in [3.05, 3.63) is 34.9 Å². The molecule has 1 aromatic rings. The third-order valence-electron chi connectivity index (χ3n) is 3.39. The van der Waals surface area contributed by atoms with Crippen LogP contribution < -0.4 is 0 Å². The minimum atomic E-state index is -0.490. The standard InChI is InChI=1S/C16H26ClNO3/c1-20-11-4-8-18(10-12-21-2)9-7-16(19)14-5-3-6-15(17)13-14/h3,5-6,13,16,19H,4,7-12H2,1-2H3. The summed E-state index contributed by atoms with van der Waals surface area (Å²) in [4.78, 5) is 2.29. The van der Waals surface area contributed by atoms with Crippen LogP contribution in [0.5, 0.6) is 0 Å². The van der Waals surface area contributed by atoms with E-state index in [0.29, 0.717) is 18.1 Å². The smallest absolute Gasteiger partial charge is 0.0802 e. The summed E-state index contributed by atoms with van der Waals surface area (Å²) in [6.45, 7) is 4.07. The van der Waals surface area contributed by atoms with Gasteiger partial charge in [-0.15, -0.1) is 0 Å². The summed E-state index contributed by atoms with van der Waals surface area (Å²) in [5.74, 6) is 0. The highest BCUT2D eigenvalue weighted by Gasteiger charge is 2.11. The van der Waals surface area contributed by atoms with Crippen molar-refractivity contribution in [1.82, 2.24) is 4.90 Å². The van der Waals surface area contributed by atoms with Crippen LogP contribution in [0, 0.1) is 0 Å². The normalized spacial score (nSPS) is 12.8. The van der Waals surface area contributed by atoms with E-state index < -0.39 is 6.10 Å². The summed E-state index contributed by atoms with van der Waals surface area (Å²) >= 11 is 5.95. The molecule has 1 N–H and O–H groups in total. The summed E-state index contributed by atoms with van der Waals surface area (Å²) in [7, 11) is 3.41. The summed E-state index contributed by atoms with van der Waals surface area (Å²) < 4.78 is 10.2. The molecule has 1 rings (SSSR count). The molecular formula is C16H26ClNO3. The molecule has 21 heavy (non-hydrogen) atoms. The van der Waals surface area contributed by atoms with Crippen molar-refractivity contribution in [2.24, 2.45) is 0 Å². The zero-order chi connectivity index (χ0) is 15.5. The van der Waals surface area contributed by atoms with Crippen LogP contribution in [-0.4, -0.2) is 57.1 Å². The second-order valence-corrected chi connectivity index (χ2v) is 5.48. The number of rotatable bonds is 11. The number of aliphatic hydroxyl groups is 1. The zero-order valence-electron chi connectivity index (χ0n) is 12.9. The van der Waals surface area contributed by atoms with Crippen molar-refractivity contribution in [1.29, 1.82) is 0 Å². The average molecular weight is 316 g/mol. The number of aliphatic hydroxyl groups excluding tert-OH is 1. The number of halogens is 1. The minimum absolute atomic E-state index is 0.490. The number of hydrogen-bond acceptors (Lipinski definition) is 4. The lowest BCUT2D eigenvalue weighted by Gasteiger charge is -2.23. The molecule has 0 bridgehead atoms. The largest absolute Gasteiger partial charge is 0.388 e. The summed E-state index contributed by atoms with van der Waals surface area (Å²) in [6.07, 6.45) is 1.17. The first-order chi connectivity index (χ1) is 10.2. The third-order valence-corrected chi connectivity index (χ3v) is 3.62. The maximum Gasteiger partial charge on any atom is 0.0802 e. The van der Waals surface area contributed by atoms with Gasteiger partial charge in [0.25, 0.3) is 0 Å². The molecular weight excluding hydrogens is 290 g/mol. The molecule has 0 aliphatic carbocycles. The van der Waals surface area contributed by atoms with Crippen molar-refractivity contribution >= 4 is 11.6 Å². The topological polar surface area (TPSA) is 41.9 Å². The van der Waals surface area contributed by atoms with E-state index in [1.165, 1.54) is 0 Å². The lowest BCUT2D eigenvalue weighted by atomic mass is 10.1. The van der Waals surface area contributed by atoms with E-state index in [4.69, 9.17) is 21.1 Å². The predicted molar refractivity (Wildman–Crippen MR) is 85.8 cm³/mol. The van der Waals surface area contributed by atoms with E-state index in [2.05, 4.69) is 4.90 Å². The van der Waals surface area contributed by atoms with E-state index >= 15 is 0 Å². The molecule has 0 spiro atoms. The molecule has 0 radical (unpaired) electrons. The van der Waals surface area contributed by atoms with Crippen LogP contribution in [0.3, 0.4) is 0 Å². The van der Waals surface area contributed by atoms with E-state index in [-0.39, 0.29) is 0 Å². The fourth-order valence-corrected chi connectivity index (χ4v) is 2.37. The van der Waals surface area contributed by atoms with Gasteiger partial charge in [0.2, 0.25) is 0 Å². The van der Waals surface area contributed by atoms with Gasteiger partial charge in [0.1, 0.15) is 0 Å². The Bertz CT molecular complexity index is 390. The molecule has 0 aromatic heterocycles. The number of methoxy groups -OCH3 is 2. The Kier molecular flexibility index (Phi) is 9.63. The van der Waals surface area contributed by atoms with Crippen LogP contribution in [0.15, 0.2) is 24.3 Å². The van der Waals surface area contributed by atoms with Gasteiger partial charge >= 0.3 is 0 Å². The van der Waals surface area contributed by atoms with Gasteiger partial charge in [-0.1, -0.05) is 23.7 Å². The average Bonchev–Trinajstić information content (AvgIpc) is 2.49. The van der Waals surface area contributed by atoms with Gasteiger partial charge in [0.05, 0.1) is 12.7 Å². The van der Waals surface area contributed by atoms with E-state index in [1.807, 2.05) is 24.3 Å². The lowest BCUT2D eigenvalue weighted by molar-refractivity contribution is 0.109. The Morgan fingerprint density at radius 3 is 2.57 bits per heavy atom. The van der Waals surface area contributed by atoms with Gasteiger partial charge in [-0.2, -0.15) is 0 Å². The first-order valence-electron chi connectivity index (χ1n) is 7.31. The van der Waals surface area contributed by atoms with Crippen LogP contribution in [0.2, 0.25) is 5.02 Å². The minimum Gasteiger partial charge on any atom is -0.388 e. The van der Waals surface area contributed by atoms with Gasteiger partial charge in [0, 0.05) is 45.5 Å². The van der Waals surface area contributed by atoms with Crippen LogP contribution in [0.4, 0.5) is 0 Å². The first-order valence-corrected chi connectivity index (χ1v) is 7.69. The van der Waals surface area contributed by atoms with E-state index in [0.717, 1.165) is 38.2 Å². The van der Waals surface area contributed by atoms with Crippen molar-refractivity contribution in [2.45, 2.75) is 18.9 Å². The molecule has 4 nitrogen and oxygen atoms in total. The zero-order valence-corrected chi connectivity index (χ0v) is 13.7.